The van der Waals surface area contributed by atoms with Gasteiger partial charge in [-0.1, -0.05) is 26.3 Å². The summed E-state index contributed by atoms with van der Waals surface area (Å²) in [5.41, 5.74) is -0.263. The molecule has 10 heteroatoms. The van der Waals surface area contributed by atoms with E-state index in [9.17, 15) is 19.5 Å². The second-order valence-corrected chi connectivity index (χ2v) is 10.7. The van der Waals surface area contributed by atoms with Gasteiger partial charge in [0.15, 0.2) is 17.6 Å². The maximum Gasteiger partial charge on any atom is 0.348 e. The highest BCUT2D eigenvalue weighted by Gasteiger charge is 2.68. The number of hydrogen-bond acceptors (Lipinski definition) is 10. The van der Waals surface area contributed by atoms with Gasteiger partial charge in [-0.2, -0.15) is 0 Å². The number of likely N-dealkylation sites (N-methyl/N-ethyl adjacent to an activating group) is 1. The average Bonchev–Trinajstić information content (AvgIpc) is 3.23. The molecule has 4 rings (SSSR count). The number of rotatable bonds is 11. The predicted octanol–water partition coefficient (Wildman–Crippen LogP) is 2.82. The highest BCUT2D eigenvalue weighted by molar-refractivity contribution is 5.84. The van der Waals surface area contributed by atoms with Crippen molar-refractivity contribution >= 4 is 17.9 Å². The van der Waals surface area contributed by atoms with E-state index in [1.54, 1.807) is 13.2 Å². The average molecular weight is 546 g/mol. The van der Waals surface area contributed by atoms with Gasteiger partial charge in [-0.15, -0.1) is 0 Å². The number of ether oxygens (including phenoxy) is 5. The molecule has 0 saturated heterocycles. The van der Waals surface area contributed by atoms with E-state index in [-0.39, 0.29) is 24.8 Å². The standard InChI is InChI=1S/C29H39NO9/c1-7-9-14-36-27(33)21(37-17(3)31)16-23(32)38-20-12-13-29(34)22(30(5)8-2)15-18-10-11-19(35-6)25-24(18)28(29,4)26(20)39-25/h10-12,21-22,26,34H,7-9,13-16H2,1-6H3/t21-,22+,26-,28-,29+/m0/s1. The summed E-state index contributed by atoms with van der Waals surface area (Å²) in [4.78, 5) is 39.3. The molecular formula is C29H39NO9. The number of methoxy groups -OCH3 is 1. The lowest BCUT2D eigenvalue weighted by atomic mass is 9.54. The number of carbonyl (C=O) groups is 3. The minimum Gasteiger partial charge on any atom is -0.493 e. The molecule has 0 fully saturated rings. The van der Waals surface area contributed by atoms with Crippen molar-refractivity contribution in [3.05, 3.63) is 35.1 Å². The number of aliphatic hydroxyl groups is 1. The van der Waals surface area contributed by atoms with E-state index in [0.29, 0.717) is 24.3 Å². The molecule has 0 spiro atoms. The lowest BCUT2D eigenvalue weighted by Gasteiger charge is -2.56. The predicted molar refractivity (Wildman–Crippen MR) is 140 cm³/mol. The van der Waals surface area contributed by atoms with Gasteiger partial charge in [0, 0.05) is 24.9 Å². The van der Waals surface area contributed by atoms with Crippen LogP contribution >= 0.6 is 0 Å². The molecule has 0 bridgehead atoms. The Morgan fingerprint density at radius 1 is 1.26 bits per heavy atom. The fraction of sp³-hybridized carbons (Fsp3) is 0.621. The van der Waals surface area contributed by atoms with Gasteiger partial charge in [0.2, 0.25) is 6.10 Å². The second-order valence-electron chi connectivity index (χ2n) is 10.7. The van der Waals surface area contributed by atoms with Gasteiger partial charge >= 0.3 is 17.9 Å². The van der Waals surface area contributed by atoms with Crippen molar-refractivity contribution in [2.45, 2.75) is 89.1 Å². The molecule has 39 heavy (non-hydrogen) atoms. The van der Waals surface area contributed by atoms with Crippen LogP contribution in [0.4, 0.5) is 0 Å². The van der Waals surface area contributed by atoms with Crippen LogP contribution in [0.3, 0.4) is 0 Å². The van der Waals surface area contributed by atoms with Crippen LogP contribution in [0.2, 0.25) is 0 Å². The van der Waals surface area contributed by atoms with E-state index in [2.05, 4.69) is 4.90 Å². The molecule has 5 atom stereocenters. The number of nitrogens with zero attached hydrogens (tertiary/aromatic N) is 1. The fourth-order valence-electron chi connectivity index (χ4n) is 6.15. The molecule has 0 aromatic heterocycles. The lowest BCUT2D eigenvalue weighted by molar-refractivity contribution is -0.171. The van der Waals surface area contributed by atoms with Gasteiger partial charge in [0.25, 0.3) is 0 Å². The monoisotopic (exact) mass is 545 g/mol. The van der Waals surface area contributed by atoms with Gasteiger partial charge < -0.3 is 33.7 Å². The largest absolute Gasteiger partial charge is 0.493 e. The minimum absolute atomic E-state index is 0.163. The van der Waals surface area contributed by atoms with Gasteiger partial charge in [-0.25, -0.2) is 4.79 Å². The number of unbranched alkanes of at least 4 members (excludes halogenated alkanes) is 1. The van der Waals surface area contributed by atoms with Crippen molar-refractivity contribution in [3.8, 4) is 11.5 Å². The first-order valence-electron chi connectivity index (χ1n) is 13.6. The summed E-state index contributed by atoms with van der Waals surface area (Å²) in [5.74, 6) is -0.997. The fourth-order valence-corrected chi connectivity index (χ4v) is 6.15. The Morgan fingerprint density at radius 3 is 2.64 bits per heavy atom. The van der Waals surface area contributed by atoms with E-state index >= 15 is 0 Å². The quantitative estimate of drug-likeness (QED) is 0.252. The van der Waals surface area contributed by atoms with Crippen molar-refractivity contribution in [3.63, 3.8) is 0 Å². The van der Waals surface area contributed by atoms with E-state index < -0.39 is 47.6 Å². The van der Waals surface area contributed by atoms with Crippen LogP contribution in [0.1, 0.15) is 64.5 Å². The normalized spacial score (nSPS) is 27.1. The zero-order chi connectivity index (χ0) is 28.5. The molecule has 0 saturated carbocycles. The first kappa shape index (κ1) is 28.9. The molecule has 1 aromatic rings. The van der Waals surface area contributed by atoms with Crippen LogP contribution in [0, 0.1) is 0 Å². The third-order valence-electron chi connectivity index (χ3n) is 8.37. The van der Waals surface area contributed by atoms with Crippen LogP contribution in [0.25, 0.3) is 0 Å². The van der Waals surface area contributed by atoms with Crippen molar-refractivity contribution in [1.82, 2.24) is 4.90 Å². The first-order chi connectivity index (χ1) is 18.5. The van der Waals surface area contributed by atoms with Crippen molar-refractivity contribution in [2.75, 3.05) is 27.3 Å². The van der Waals surface area contributed by atoms with Crippen LogP contribution < -0.4 is 9.47 Å². The third-order valence-corrected chi connectivity index (χ3v) is 8.37. The molecular weight excluding hydrogens is 506 g/mol. The maximum absolute atomic E-state index is 13.1. The summed E-state index contributed by atoms with van der Waals surface area (Å²) in [5, 5.41) is 12.3. The van der Waals surface area contributed by atoms with Crippen LogP contribution in [-0.4, -0.2) is 79.1 Å². The molecule has 0 radical (unpaired) electrons. The van der Waals surface area contributed by atoms with Crippen molar-refractivity contribution in [2.24, 2.45) is 0 Å². The smallest absolute Gasteiger partial charge is 0.348 e. The maximum atomic E-state index is 13.1. The third kappa shape index (κ3) is 4.89. The van der Waals surface area contributed by atoms with Gasteiger partial charge in [-0.05, 0) is 51.1 Å². The second kappa shape index (κ2) is 11.2. The molecule has 0 amide bonds. The Bertz CT molecular complexity index is 1160. The summed E-state index contributed by atoms with van der Waals surface area (Å²) in [6.45, 7) is 7.99. The molecule has 0 unspecified atom stereocenters. The number of esters is 3. The summed E-state index contributed by atoms with van der Waals surface area (Å²) < 4.78 is 28.0. The number of benzene rings is 1. The van der Waals surface area contributed by atoms with Crippen molar-refractivity contribution < 1.29 is 43.2 Å². The Hall–Kier alpha value is -3.11. The number of carbonyl (C=O) groups excluding carboxylic acids is 3. The Kier molecular flexibility index (Phi) is 8.28. The molecule has 1 aromatic carbocycles. The van der Waals surface area contributed by atoms with Gasteiger partial charge in [0.05, 0.1) is 31.2 Å². The molecule has 1 aliphatic heterocycles. The van der Waals surface area contributed by atoms with Gasteiger partial charge in [0.1, 0.15) is 5.76 Å². The Morgan fingerprint density at radius 2 is 2.00 bits per heavy atom. The first-order valence-corrected chi connectivity index (χ1v) is 13.6. The van der Waals surface area contributed by atoms with E-state index in [1.165, 1.54) is 0 Å². The summed E-state index contributed by atoms with van der Waals surface area (Å²) in [7, 11) is 3.54. The zero-order valence-electron chi connectivity index (χ0n) is 23.6. The zero-order valence-corrected chi connectivity index (χ0v) is 23.6. The van der Waals surface area contributed by atoms with Crippen LogP contribution in [0.15, 0.2) is 24.0 Å². The highest BCUT2D eigenvalue weighted by atomic mass is 16.6. The molecule has 1 heterocycles. The van der Waals surface area contributed by atoms with E-state index in [0.717, 1.165) is 31.0 Å². The Labute approximate surface area is 229 Å². The summed E-state index contributed by atoms with van der Waals surface area (Å²) >= 11 is 0. The Balaban J connectivity index is 1.64. The number of hydrogen-bond donors (Lipinski definition) is 1. The molecule has 10 nitrogen and oxygen atoms in total. The molecule has 3 aliphatic rings. The van der Waals surface area contributed by atoms with Gasteiger partial charge in [-0.3, -0.25) is 9.59 Å². The molecule has 2 aliphatic carbocycles. The molecule has 1 N–H and O–H groups in total. The SMILES string of the molecule is CCCCOC(=O)[C@H](CC(=O)OC1=CC[C@@]2(O)[C@H](N(C)CC)Cc3ccc(OC)c4c3[C@@]2(C)[C@H]1O4)OC(C)=O. The summed E-state index contributed by atoms with van der Waals surface area (Å²) in [6, 6.07) is 3.65. The van der Waals surface area contributed by atoms with Crippen LogP contribution in [0.5, 0.6) is 11.5 Å². The highest BCUT2D eigenvalue weighted by Crippen LogP contribution is 2.62. The summed E-state index contributed by atoms with van der Waals surface area (Å²) in [6.07, 6.45) is 1.25. The van der Waals surface area contributed by atoms with Crippen LogP contribution in [-0.2, 0) is 40.4 Å². The van der Waals surface area contributed by atoms with E-state index in [4.69, 9.17) is 23.7 Å². The van der Waals surface area contributed by atoms with E-state index in [1.807, 2.05) is 40.0 Å². The molecule has 214 valence electrons. The topological polar surface area (TPSA) is 121 Å². The lowest BCUT2D eigenvalue weighted by Crippen LogP contribution is -2.69. The van der Waals surface area contributed by atoms with Crippen molar-refractivity contribution in [1.29, 1.82) is 0 Å². The minimum atomic E-state index is -1.42.